The third-order valence-electron chi connectivity index (χ3n) is 3.25. The van der Waals surface area contributed by atoms with Crippen molar-refractivity contribution in [2.75, 3.05) is 0 Å². The van der Waals surface area contributed by atoms with Crippen molar-refractivity contribution < 1.29 is 42.1 Å². The maximum atomic E-state index is 8.72. The van der Waals surface area contributed by atoms with Crippen LogP contribution in [0.2, 0.25) is 0 Å². The summed E-state index contributed by atoms with van der Waals surface area (Å²) >= 11 is 0. The molecule has 0 spiro atoms. The Bertz CT molecular complexity index is 196. The molecule has 0 saturated heterocycles. The summed E-state index contributed by atoms with van der Waals surface area (Å²) in [6.45, 7) is 24.1. The smallest absolute Gasteiger partial charge is 0.0514 e. The number of aliphatic hydroxyl groups is 4. The van der Waals surface area contributed by atoms with Crippen LogP contribution in [0.5, 0.6) is 0 Å². The molecular weight excluding hydrogens is 400 g/mol. The quantitative estimate of drug-likeness (QED) is 0.356. The Hall–Kier alpha value is 0.554. The summed E-state index contributed by atoms with van der Waals surface area (Å²) in [6.07, 6.45) is 3.17. The van der Waals surface area contributed by atoms with Crippen LogP contribution in [0.3, 0.4) is 0 Å². The second-order valence-electron chi connectivity index (χ2n) is 9.91. The molecule has 0 amide bonds. The molecular formula is C24H56O4Ti. The van der Waals surface area contributed by atoms with Gasteiger partial charge in [-0.15, -0.1) is 0 Å². The van der Waals surface area contributed by atoms with E-state index in [2.05, 4.69) is 55.4 Å². The van der Waals surface area contributed by atoms with E-state index in [9.17, 15) is 0 Å². The van der Waals surface area contributed by atoms with Crippen molar-refractivity contribution in [3.63, 3.8) is 0 Å². The summed E-state index contributed by atoms with van der Waals surface area (Å²) in [5, 5.41) is 34.9. The first kappa shape index (κ1) is 40.0. The molecule has 0 fully saturated rings. The van der Waals surface area contributed by atoms with E-state index < -0.39 is 0 Å². The van der Waals surface area contributed by atoms with E-state index in [-0.39, 0.29) is 46.1 Å². The molecule has 0 saturated carbocycles. The number of hydrogen-bond donors (Lipinski definition) is 4. The monoisotopic (exact) mass is 456 g/mol. The van der Waals surface area contributed by atoms with Crippen molar-refractivity contribution in [3.05, 3.63) is 0 Å². The molecule has 0 aliphatic rings. The third kappa shape index (κ3) is 73.5. The zero-order chi connectivity index (χ0) is 23.4. The fraction of sp³-hybridized carbons (Fsp3) is 1.00. The van der Waals surface area contributed by atoms with E-state index in [4.69, 9.17) is 20.4 Å². The summed E-state index contributed by atoms with van der Waals surface area (Å²) in [5.41, 5.74) is 0. The first-order chi connectivity index (χ1) is 12.5. The van der Waals surface area contributed by atoms with Gasteiger partial charge in [0.05, 0.1) is 24.4 Å². The van der Waals surface area contributed by atoms with E-state index in [0.717, 1.165) is 25.7 Å². The van der Waals surface area contributed by atoms with Crippen LogP contribution in [0.4, 0.5) is 0 Å². The summed E-state index contributed by atoms with van der Waals surface area (Å²) in [7, 11) is 0. The van der Waals surface area contributed by atoms with E-state index >= 15 is 0 Å². The van der Waals surface area contributed by atoms with Gasteiger partial charge in [0.25, 0.3) is 0 Å². The summed E-state index contributed by atoms with van der Waals surface area (Å²) in [4.78, 5) is 0. The molecule has 0 aromatic rings. The minimum Gasteiger partial charge on any atom is -0.393 e. The van der Waals surface area contributed by atoms with Crippen molar-refractivity contribution in [3.8, 4) is 0 Å². The third-order valence-corrected chi connectivity index (χ3v) is 3.25. The van der Waals surface area contributed by atoms with Gasteiger partial charge in [0.15, 0.2) is 0 Å². The molecule has 29 heavy (non-hydrogen) atoms. The second kappa shape index (κ2) is 26.6. The van der Waals surface area contributed by atoms with Gasteiger partial charge in [0.1, 0.15) is 0 Å². The average Bonchev–Trinajstić information content (AvgIpc) is 2.32. The van der Waals surface area contributed by atoms with Crippen molar-refractivity contribution in [2.24, 2.45) is 23.7 Å². The number of aliphatic hydroxyl groups excluding tert-OH is 4. The van der Waals surface area contributed by atoms with Gasteiger partial charge < -0.3 is 20.4 Å². The topological polar surface area (TPSA) is 80.9 Å². The molecule has 0 radical (unpaired) electrons. The van der Waals surface area contributed by atoms with Crippen LogP contribution in [0, 0.1) is 23.7 Å². The summed E-state index contributed by atoms with van der Waals surface area (Å²) in [5.74, 6) is 2.50. The Morgan fingerprint density at radius 1 is 0.345 bits per heavy atom. The van der Waals surface area contributed by atoms with Gasteiger partial charge in [-0.2, -0.15) is 0 Å². The van der Waals surface area contributed by atoms with Gasteiger partial charge >= 0.3 is 0 Å². The molecule has 0 aliphatic carbocycles. The zero-order valence-electron chi connectivity index (χ0n) is 21.7. The second-order valence-corrected chi connectivity index (χ2v) is 9.91. The van der Waals surface area contributed by atoms with Crippen LogP contribution in [0.25, 0.3) is 0 Å². The van der Waals surface area contributed by atoms with Crippen LogP contribution in [-0.4, -0.2) is 44.8 Å². The van der Waals surface area contributed by atoms with Crippen LogP contribution < -0.4 is 0 Å². The molecule has 180 valence electrons. The molecule has 4 unspecified atom stereocenters. The molecule has 5 heteroatoms. The Labute approximate surface area is 198 Å². The molecule has 4 nitrogen and oxygen atoms in total. The van der Waals surface area contributed by atoms with Crippen molar-refractivity contribution in [1.29, 1.82) is 0 Å². The Morgan fingerprint density at radius 3 is 0.448 bits per heavy atom. The van der Waals surface area contributed by atoms with Gasteiger partial charge in [-0.05, 0) is 77.0 Å². The van der Waals surface area contributed by atoms with Crippen LogP contribution in [0.15, 0.2) is 0 Å². The number of rotatable bonds is 8. The van der Waals surface area contributed by atoms with E-state index in [1.807, 2.05) is 27.7 Å². The van der Waals surface area contributed by atoms with Crippen LogP contribution in [-0.2, 0) is 21.7 Å². The standard InChI is InChI=1S/4C6H14O.Ti/c4*1-5(2)4-6(3)7;/h4*5-7H,4H2,1-3H3;. The Balaban J connectivity index is -0.0000000873. The van der Waals surface area contributed by atoms with Gasteiger partial charge in [0.2, 0.25) is 0 Å². The summed E-state index contributed by atoms with van der Waals surface area (Å²) in [6, 6.07) is 0. The fourth-order valence-electron chi connectivity index (χ4n) is 2.73. The normalized spacial score (nSPS) is 14.5. The van der Waals surface area contributed by atoms with Gasteiger partial charge in [-0.3, -0.25) is 0 Å². The largest absolute Gasteiger partial charge is 0.393 e. The van der Waals surface area contributed by atoms with E-state index in [1.165, 1.54) is 0 Å². The minimum atomic E-state index is -0.125. The Kier molecular flexibility index (Phi) is 36.6. The van der Waals surface area contributed by atoms with Crippen molar-refractivity contribution in [1.82, 2.24) is 0 Å². The molecule has 4 atom stereocenters. The fourth-order valence-corrected chi connectivity index (χ4v) is 2.73. The SMILES string of the molecule is CC(C)CC(C)O.CC(C)CC(C)O.CC(C)CC(C)O.CC(C)CC(C)O.[Ti]. The summed E-state index contributed by atoms with van der Waals surface area (Å²) < 4.78 is 0. The van der Waals surface area contributed by atoms with Gasteiger partial charge in [0, 0.05) is 21.7 Å². The average molecular weight is 457 g/mol. The van der Waals surface area contributed by atoms with Gasteiger partial charge in [-0.25, -0.2) is 0 Å². The molecule has 0 aromatic carbocycles. The minimum absolute atomic E-state index is 0. The van der Waals surface area contributed by atoms with Gasteiger partial charge in [-0.1, -0.05) is 55.4 Å². The predicted octanol–water partition coefficient (Wildman–Crippen LogP) is 5.65. The molecule has 0 aromatic heterocycles. The predicted molar refractivity (Wildman–Crippen MR) is 125 cm³/mol. The van der Waals surface area contributed by atoms with E-state index in [0.29, 0.717) is 23.7 Å². The molecule has 0 rings (SSSR count). The van der Waals surface area contributed by atoms with E-state index in [1.54, 1.807) is 0 Å². The van der Waals surface area contributed by atoms with Crippen molar-refractivity contribution >= 4 is 0 Å². The Morgan fingerprint density at radius 2 is 0.448 bits per heavy atom. The first-order valence-corrected chi connectivity index (χ1v) is 11.2. The first-order valence-electron chi connectivity index (χ1n) is 11.2. The van der Waals surface area contributed by atoms with Crippen LogP contribution in [0.1, 0.15) is 109 Å². The number of hydrogen-bond acceptors (Lipinski definition) is 4. The van der Waals surface area contributed by atoms with Crippen LogP contribution >= 0.6 is 0 Å². The molecule has 0 aliphatic heterocycles. The van der Waals surface area contributed by atoms with Crippen molar-refractivity contribution in [2.45, 2.75) is 133 Å². The zero-order valence-corrected chi connectivity index (χ0v) is 23.3. The maximum Gasteiger partial charge on any atom is 0.0514 e. The molecule has 0 heterocycles. The molecule has 0 bridgehead atoms. The molecule has 4 N–H and O–H groups in total. The maximum absolute atomic E-state index is 8.72.